The van der Waals surface area contributed by atoms with Crippen molar-refractivity contribution in [3.63, 3.8) is 0 Å². The molecule has 1 aromatic carbocycles. The molecule has 4 fully saturated rings. The average molecular weight is 432 g/mol. The molecule has 4 aliphatic rings. The van der Waals surface area contributed by atoms with Crippen molar-refractivity contribution in [1.82, 2.24) is 0 Å². The number of methoxy groups -OCH3 is 1. The highest BCUT2D eigenvalue weighted by molar-refractivity contribution is 5.41. The minimum Gasteiger partial charge on any atom is -0.381 e. The second-order valence-electron chi connectivity index (χ2n) is 11.7. The first-order chi connectivity index (χ1) is 15.3. The number of ether oxygens (including phenoxy) is 1. The molecule has 4 saturated carbocycles. The maximum atomic E-state index is 11.4. The van der Waals surface area contributed by atoms with E-state index in [0.717, 1.165) is 42.6 Å². The van der Waals surface area contributed by atoms with Crippen molar-refractivity contribution >= 4 is 0 Å². The first-order valence-electron chi connectivity index (χ1n) is 12.6. The monoisotopic (exact) mass is 431 g/mol. The van der Waals surface area contributed by atoms with Crippen molar-refractivity contribution in [1.29, 1.82) is 5.26 Å². The first-order valence-corrected chi connectivity index (χ1v) is 12.6. The predicted molar refractivity (Wildman–Crippen MR) is 126 cm³/mol. The molecule has 0 spiro atoms. The third kappa shape index (κ3) is 3.41. The van der Waals surface area contributed by atoms with Gasteiger partial charge in [0.05, 0.1) is 17.7 Å². The third-order valence-electron chi connectivity index (χ3n) is 10.4. The summed E-state index contributed by atoms with van der Waals surface area (Å²) < 4.78 is 5.93. The molecular weight excluding hydrogens is 394 g/mol. The van der Waals surface area contributed by atoms with Crippen LogP contribution in [0.4, 0.5) is 0 Å². The Bertz CT molecular complexity index is 968. The number of rotatable bonds is 1. The molecule has 3 heteroatoms. The van der Waals surface area contributed by atoms with Gasteiger partial charge in [0, 0.05) is 12.7 Å². The summed E-state index contributed by atoms with van der Waals surface area (Å²) in [5.74, 6) is 9.40. The van der Waals surface area contributed by atoms with Crippen molar-refractivity contribution in [3.8, 4) is 17.9 Å². The molecule has 8 atom stereocenters. The predicted octanol–water partition coefficient (Wildman–Crippen LogP) is 5.70. The van der Waals surface area contributed by atoms with Crippen LogP contribution in [0.5, 0.6) is 0 Å². The first kappa shape index (κ1) is 22.0. The Kier molecular flexibility index (Phi) is 5.43. The van der Waals surface area contributed by atoms with Crippen molar-refractivity contribution in [2.24, 2.45) is 34.5 Å². The largest absolute Gasteiger partial charge is 0.381 e. The molecular formula is C29H37NO2. The van der Waals surface area contributed by atoms with E-state index in [9.17, 15) is 5.11 Å². The Morgan fingerprint density at radius 2 is 1.62 bits per heavy atom. The van der Waals surface area contributed by atoms with Crippen LogP contribution in [0.1, 0.15) is 82.8 Å². The van der Waals surface area contributed by atoms with Crippen LogP contribution in [0, 0.1) is 57.7 Å². The minimum absolute atomic E-state index is 0.331. The van der Waals surface area contributed by atoms with Crippen molar-refractivity contribution in [2.75, 3.05) is 7.11 Å². The quantitative estimate of drug-likeness (QED) is 0.581. The number of hydrogen-bond acceptors (Lipinski definition) is 3. The lowest BCUT2D eigenvalue weighted by Crippen LogP contribution is -2.56. The fourth-order valence-electron chi connectivity index (χ4n) is 8.51. The number of benzene rings is 1. The molecule has 1 N–H and O–H groups in total. The second kappa shape index (κ2) is 7.90. The molecule has 3 nitrogen and oxygen atoms in total. The fourth-order valence-corrected chi connectivity index (χ4v) is 8.51. The van der Waals surface area contributed by atoms with E-state index in [4.69, 9.17) is 10.00 Å². The van der Waals surface area contributed by atoms with Crippen LogP contribution in [0.3, 0.4) is 0 Å². The Morgan fingerprint density at radius 1 is 0.906 bits per heavy atom. The van der Waals surface area contributed by atoms with Crippen LogP contribution in [0.25, 0.3) is 0 Å². The lowest BCUT2D eigenvalue weighted by molar-refractivity contribution is -0.146. The summed E-state index contributed by atoms with van der Waals surface area (Å²) in [6.07, 6.45) is 10.8. The molecule has 0 heterocycles. The van der Waals surface area contributed by atoms with Crippen molar-refractivity contribution < 1.29 is 9.84 Å². The van der Waals surface area contributed by atoms with E-state index in [-0.39, 0.29) is 0 Å². The van der Waals surface area contributed by atoms with Gasteiger partial charge in [-0.3, -0.25) is 0 Å². The molecule has 5 rings (SSSR count). The number of nitrogens with zero attached hydrogens (tertiary/aromatic N) is 1. The lowest BCUT2D eigenvalue weighted by Gasteiger charge is -2.61. The van der Waals surface area contributed by atoms with E-state index < -0.39 is 5.60 Å². The highest BCUT2D eigenvalue weighted by Crippen LogP contribution is 2.67. The smallest absolute Gasteiger partial charge is 0.126 e. The number of aliphatic hydroxyl groups is 1. The number of nitriles is 1. The van der Waals surface area contributed by atoms with Crippen LogP contribution in [-0.4, -0.2) is 23.9 Å². The standard InChI is InChI=1S/C29H37NO2/c1-27-16-17-29(31,15-12-20-4-6-21(19-30)7-5-20)18-22(27)8-9-23-24-10-11-26(32-3)28(24,2)14-13-25(23)27/h4-7,22-26,31H,8-11,13-14,16-18H2,1-3H3/t22?,23?,24?,25?,26-,27-,28-,29+/m0/s1. The van der Waals surface area contributed by atoms with Crippen LogP contribution in [0.2, 0.25) is 0 Å². The van der Waals surface area contributed by atoms with Gasteiger partial charge >= 0.3 is 0 Å². The van der Waals surface area contributed by atoms with Gasteiger partial charge in [0.1, 0.15) is 5.60 Å². The highest BCUT2D eigenvalue weighted by atomic mass is 16.5. The Balaban J connectivity index is 1.33. The van der Waals surface area contributed by atoms with Crippen molar-refractivity contribution in [2.45, 2.75) is 83.3 Å². The summed E-state index contributed by atoms with van der Waals surface area (Å²) in [5, 5.41) is 20.4. The van der Waals surface area contributed by atoms with E-state index in [1.54, 1.807) is 12.1 Å². The maximum absolute atomic E-state index is 11.4. The zero-order chi connectivity index (χ0) is 22.6. The fraction of sp³-hybridized carbons (Fsp3) is 0.690. The zero-order valence-electron chi connectivity index (χ0n) is 19.9. The van der Waals surface area contributed by atoms with Gasteiger partial charge in [0.15, 0.2) is 0 Å². The molecule has 0 aromatic heterocycles. The van der Waals surface area contributed by atoms with Gasteiger partial charge in [-0.2, -0.15) is 5.26 Å². The Hall–Kier alpha value is -1.81. The highest BCUT2D eigenvalue weighted by Gasteiger charge is 2.61. The van der Waals surface area contributed by atoms with Crippen LogP contribution in [0.15, 0.2) is 24.3 Å². The summed E-state index contributed by atoms with van der Waals surface area (Å²) >= 11 is 0. The summed E-state index contributed by atoms with van der Waals surface area (Å²) in [7, 11) is 1.91. The summed E-state index contributed by atoms with van der Waals surface area (Å²) in [4.78, 5) is 0. The number of fused-ring (bicyclic) bond motifs is 5. The van der Waals surface area contributed by atoms with Gasteiger partial charge in [-0.25, -0.2) is 0 Å². The van der Waals surface area contributed by atoms with Crippen LogP contribution >= 0.6 is 0 Å². The third-order valence-corrected chi connectivity index (χ3v) is 10.4. The van der Waals surface area contributed by atoms with Crippen LogP contribution < -0.4 is 0 Å². The Morgan fingerprint density at radius 3 is 2.34 bits per heavy atom. The molecule has 32 heavy (non-hydrogen) atoms. The molecule has 0 radical (unpaired) electrons. The summed E-state index contributed by atoms with van der Waals surface area (Å²) in [5.41, 5.74) is 1.32. The molecule has 1 aromatic rings. The van der Waals surface area contributed by atoms with Gasteiger partial charge in [0.25, 0.3) is 0 Å². The topological polar surface area (TPSA) is 53.2 Å². The molecule has 4 unspecified atom stereocenters. The molecule has 0 saturated heterocycles. The van der Waals surface area contributed by atoms with E-state index in [1.165, 1.54) is 38.5 Å². The lowest BCUT2D eigenvalue weighted by atomic mass is 9.44. The van der Waals surface area contributed by atoms with Gasteiger partial charge in [-0.05, 0) is 117 Å². The van der Waals surface area contributed by atoms with Gasteiger partial charge in [-0.1, -0.05) is 25.7 Å². The van der Waals surface area contributed by atoms with Gasteiger partial charge in [-0.15, -0.1) is 0 Å². The van der Waals surface area contributed by atoms with E-state index >= 15 is 0 Å². The van der Waals surface area contributed by atoms with Gasteiger partial charge < -0.3 is 9.84 Å². The van der Waals surface area contributed by atoms with Crippen LogP contribution in [-0.2, 0) is 4.74 Å². The zero-order valence-corrected chi connectivity index (χ0v) is 19.9. The molecule has 0 aliphatic heterocycles. The van der Waals surface area contributed by atoms with E-state index in [0.29, 0.717) is 28.4 Å². The summed E-state index contributed by atoms with van der Waals surface area (Å²) in [6.45, 7) is 5.04. The SMILES string of the molecule is CO[C@H]1CCC2C3CCC4C[C@@](O)(C#Cc5ccc(C#N)cc5)CC[C@]4(C)C3CC[C@@]21C. The molecule has 0 bridgehead atoms. The van der Waals surface area contributed by atoms with Gasteiger partial charge in [0.2, 0.25) is 0 Å². The van der Waals surface area contributed by atoms with E-state index in [1.807, 2.05) is 19.2 Å². The minimum atomic E-state index is -0.886. The average Bonchev–Trinajstić information content (AvgIpc) is 3.15. The number of hydrogen-bond donors (Lipinski definition) is 1. The normalized spacial score (nSPS) is 44.9. The second-order valence-corrected chi connectivity index (χ2v) is 11.7. The Labute approximate surface area is 193 Å². The molecule has 0 amide bonds. The van der Waals surface area contributed by atoms with Crippen molar-refractivity contribution in [3.05, 3.63) is 35.4 Å². The maximum Gasteiger partial charge on any atom is 0.126 e. The van der Waals surface area contributed by atoms with E-state index in [2.05, 4.69) is 31.8 Å². The molecule has 170 valence electrons. The molecule has 4 aliphatic carbocycles. The summed E-state index contributed by atoms with van der Waals surface area (Å²) in [6, 6.07) is 9.48.